The molecular formula is C14H17BrN2O2S. The molecule has 0 spiro atoms. The van der Waals surface area contributed by atoms with E-state index >= 15 is 0 Å². The van der Waals surface area contributed by atoms with Crippen molar-refractivity contribution in [2.75, 3.05) is 19.0 Å². The number of hydrogen-bond acceptors (Lipinski definition) is 4. The van der Waals surface area contributed by atoms with Crippen molar-refractivity contribution in [3.8, 4) is 0 Å². The fraction of sp³-hybridized carbons (Fsp3) is 0.429. The molecule has 0 amide bonds. The van der Waals surface area contributed by atoms with Gasteiger partial charge in [-0.25, -0.2) is 4.98 Å². The second kappa shape index (κ2) is 7.24. The van der Waals surface area contributed by atoms with Gasteiger partial charge in [0.2, 0.25) is 0 Å². The Bertz CT molecular complexity index is 657. The van der Waals surface area contributed by atoms with Gasteiger partial charge in [-0.3, -0.25) is 9.36 Å². The van der Waals surface area contributed by atoms with Crippen LogP contribution in [0.3, 0.4) is 0 Å². The molecule has 0 fully saturated rings. The Morgan fingerprint density at radius 2 is 2.20 bits per heavy atom. The van der Waals surface area contributed by atoms with Crippen LogP contribution >= 0.6 is 27.7 Å². The molecule has 0 saturated carbocycles. The van der Waals surface area contributed by atoms with Gasteiger partial charge in [0.25, 0.3) is 5.56 Å². The average molecular weight is 357 g/mol. The largest absolute Gasteiger partial charge is 0.381 e. The van der Waals surface area contributed by atoms with Gasteiger partial charge in [-0.1, -0.05) is 27.7 Å². The molecule has 1 aromatic heterocycles. The molecule has 1 aromatic carbocycles. The summed E-state index contributed by atoms with van der Waals surface area (Å²) in [5, 5.41) is 1.41. The molecular weight excluding hydrogens is 340 g/mol. The van der Waals surface area contributed by atoms with Crippen molar-refractivity contribution in [3.63, 3.8) is 0 Å². The average Bonchev–Trinajstić information content (AvgIpc) is 2.45. The molecule has 6 heteroatoms. The van der Waals surface area contributed by atoms with Crippen LogP contribution in [0.5, 0.6) is 0 Å². The number of benzene rings is 1. The normalized spacial score (nSPS) is 11.2. The number of thioether (sulfide) groups is 1. The molecule has 0 N–H and O–H groups in total. The van der Waals surface area contributed by atoms with E-state index in [1.807, 2.05) is 32.0 Å². The summed E-state index contributed by atoms with van der Waals surface area (Å²) in [5.74, 6) is 0.794. The van der Waals surface area contributed by atoms with Gasteiger partial charge in [-0.2, -0.15) is 0 Å². The second-order valence-corrected chi connectivity index (χ2v) is 6.13. The Hall–Kier alpha value is -0.850. The number of hydrogen-bond donors (Lipinski definition) is 0. The van der Waals surface area contributed by atoms with Crippen LogP contribution in [0.2, 0.25) is 0 Å². The number of ether oxygens (including phenoxy) is 1. The van der Waals surface area contributed by atoms with Gasteiger partial charge in [0.05, 0.1) is 17.5 Å². The lowest BCUT2D eigenvalue weighted by molar-refractivity contribution is 0.164. The third kappa shape index (κ3) is 3.42. The summed E-state index contributed by atoms with van der Waals surface area (Å²) in [6, 6.07) is 5.60. The standard InChI is InChI=1S/C14H17BrN2O2S/c1-3-17-13(18)11-9-10(15)5-6-12(11)16-14(17)20-8-7-19-4-2/h5-6,9H,3-4,7-8H2,1-2H3. The molecule has 0 bridgehead atoms. The summed E-state index contributed by atoms with van der Waals surface area (Å²) in [5.41, 5.74) is 0.750. The van der Waals surface area contributed by atoms with Gasteiger partial charge in [0.15, 0.2) is 5.16 Å². The van der Waals surface area contributed by atoms with Crippen LogP contribution in [0, 0.1) is 0 Å². The monoisotopic (exact) mass is 356 g/mol. The van der Waals surface area contributed by atoms with Crippen LogP contribution in [0.25, 0.3) is 10.9 Å². The van der Waals surface area contributed by atoms with E-state index in [0.29, 0.717) is 25.1 Å². The molecule has 20 heavy (non-hydrogen) atoms. The molecule has 0 atom stereocenters. The highest BCUT2D eigenvalue weighted by atomic mass is 79.9. The summed E-state index contributed by atoms with van der Waals surface area (Å²) >= 11 is 4.95. The third-order valence-corrected chi connectivity index (χ3v) is 4.29. The van der Waals surface area contributed by atoms with Crippen molar-refractivity contribution < 1.29 is 4.74 Å². The number of nitrogens with zero attached hydrogens (tertiary/aromatic N) is 2. The molecule has 2 rings (SSSR count). The zero-order valence-corrected chi connectivity index (χ0v) is 14.0. The van der Waals surface area contributed by atoms with Crippen LogP contribution < -0.4 is 5.56 Å². The Morgan fingerprint density at radius 1 is 1.40 bits per heavy atom. The van der Waals surface area contributed by atoms with Crippen molar-refractivity contribution in [3.05, 3.63) is 33.0 Å². The smallest absolute Gasteiger partial charge is 0.262 e. The Balaban J connectivity index is 2.39. The summed E-state index contributed by atoms with van der Waals surface area (Å²) < 4.78 is 7.93. The van der Waals surface area contributed by atoms with Gasteiger partial charge in [0, 0.05) is 23.4 Å². The van der Waals surface area contributed by atoms with E-state index in [4.69, 9.17) is 4.74 Å². The topological polar surface area (TPSA) is 44.1 Å². The zero-order valence-electron chi connectivity index (χ0n) is 11.6. The molecule has 0 unspecified atom stereocenters. The summed E-state index contributed by atoms with van der Waals surface area (Å²) in [7, 11) is 0. The number of fused-ring (bicyclic) bond motifs is 1. The van der Waals surface area contributed by atoms with Crippen molar-refractivity contribution in [2.24, 2.45) is 0 Å². The van der Waals surface area contributed by atoms with Crippen molar-refractivity contribution in [1.29, 1.82) is 0 Å². The van der Waals surface area contributed by atoms with Crippen LogP contribution in [0.15, 0.2) is 32.6 Å². The minimum atomic E-state index is 0.0118. The quantitative estimate of drug-likeness (QED) is 0.452. The van der Waals surface area contributed by atoms with Crippen molar-refractivity contribution >= 4 is 38.6 Å². The number of halogens is 1. The fourth-order valence-electron chi connectivity index (χ4n) is 1.90. The van der Waals surface area contributed by atoms with Crippen LogP contribution in [0.1, 0.15) is 13.8 Å². The molecule has 0 radical (unpaired) electrons. The lowest BCUT2D eigenvalue weighted by atomic mass is 10.2. The first-order valence-corrected chi connectivity index (χ1v) is 8.35. The second-order valence-electron chi connectivity index (χ2n) is 4.15. The molecule has 108 valence electrons. The molecule has 0 aliphatic rings. The van der Waals surface area contributed by atoms with Gasteiger partial charge >= 0.3 is 0 Å². The van der Waals surface area contributed by atoms with Gasteiger partial charge in [0.1, 0.15) is 0 Å². The van der Waals surface area contributed by atoms with Gasteiger partial charge in [-0.05, 0) is 32.0 Å². The first-order valence-electron chi connectivity index (χ1n) is 6.58. The molecule has 1 heterocycles. The van der Waals surface area contributed by atoms with E-state index < -0.39 is 0 Å². The predicted octanol–water partition coefficient (Wildman–Crippen LogP) is 3.31. The highest BCUT2D eigenvalue weighted by Crippen LogP contribution is 2.20. The highest BCUT2D eigenvalue weighted by molar-refractivity contribution is 9.10. The minimum absolute atomic E-state index is 0.0118. The van der Waals surface area contributed by atoms with Crippen LogP contribution in [0.4, 0.5) is 0 Å². The summed E-state index contributed by atoms with van der Waals surface area (Å²) in [4.78, 5) is 17.1. The summed E-state index contributed by atoms with van der Waals surface area (Å²) in [6.07, 6.45) is 0. The Kier molecular flexibility index (Phi) is 5.63. The first kappa shape index (κ1) is 15.5. The van der Waals surface area contributed by atoms with Gasteiger partial charge in [-0.15, -0.1) is 0 Å². The summed E-state index contributed by atoms with van der Waals surface area (Å²) in [6.45, 7) is 5.92. The maximum atomic E-state index is 12.5. The van der Waals surface area contributed by atoms with Crippen molar-refractivity contribution in [2.45, 2.75) is 25.5 Å². The lowest BCUT2D eigenvalue weighted by Gasteiger charge is -2.11. The van der Waals surface area contributed by atoms with Crippen LogP contribution in [-0.4, -0.2) is 28.5 Å². The SMILES string of the molecule is CCOCCSc1nc2ccc(Br)cc2c(=O)n1CC. The fourth-order valence-corrected chi connectivity index (χ4v) is 3.17. The number of rotatable bonds is 6. The maximum Gasteiger partial charge on any atom is 0.262 e. The molecule has 4 nitrogen and oxygen atoms in total. The van der Waals surface area contributed by atoms with E-state index in [-0.39, 0.29) is 5.56 Å². The number of aromatic nitrogens is 2. The first-order chi connectivity index (χ1) is 9.67. The van der Waals surface area contributed by atoms with Crippen LogP contribution in [-0.2, 0) is 11.3 Å². The minimum Gasteiger partial charge on any atom is -0.381 e. The van der Waals surface area contributed by atoms with E-state index in [9.17, 15) is 4.79 Å². The maximum absolute atomic E-state index is 12.5. The molecule has 0 aliphatic carbocycles. The molecule has 0 aliphatic heterocycles. The highest BCUT2D eigenvalue weighted by Gasteiger charge is 2.10. The third-order valence-electron chi connectivity index (χ3n) is 2.86. The van der Waals surface area contributed by atoms with E-state index in [1.54, 1.807) is 16.3 Å². The Morgan fingerprint density at radius 3 is 2.90 bits per heavy atom. The van der Waals surface area contributed by atoms with E-state index in [0.717, 1.165) is 20.9 Å². The van der Waals surface area contributed by atoms with Crippen molar-refractivity contribution in [1.82, 2.24) is 9.55 Å². The zero-order chi connectivity index (χ0) is 14.5. The molecule has 0 saturated heterocycles. The Labute approximate surface area is 130 Å². The predicted molar refractivity (Wildman–Crippen MR) is 86.6 cm³/mol. The van der Waals surface area contributed by atoms with E-state index in [1.165, 1.54) is 0 Å². The lowest BCUT2D eigenvalue weighted by Crippen LogP contribution is -2.22. The molecule has 2 aromatic rings. The van der Waals surface area contributed by atoms with E-state index in [2.05, 4.69) is 20.9 Å². The van der Waals surface area contributed by atoms with Gasteiger partial charge < -0.3 is 4.74 Å².